The zero-order chi connectivity index (χ0) is 12.6. The standard InChI is InChI=1S/C12H12F2N2O/c1-6(2)7-3-4-9(13)10(11(7)14)8-5-16-17-12(8)15/h3-6H,15H2,1-2H3. The molecule has 0 aliphatic heterocycles. The molecule has 1 aromatic carbocycles. The molecule has 1 heterocycles. The third-order valence-corrected chi connectivity index (χ3v) is 2.61. The maximum atomic E-state index is 14.2. The topological polar surface area (TPSA) is 52.0 Å². The summed E-state index contributed by atoms with van der Waals surface area (Å²) in [5, 5.41) is 3.42. The zero-order valence-corrected chi connectivity index (χ0v) is 9.50. The van der Waals surface area contributed by atoms with Crippen LogP contribution in [-0.2, 0) is 0 Å². The number of rotatable bonds is 2. The summed E-state index contributed by atoms with van der Waals surface area (Å²) < 4.78 is 32.5. The molecule has 2 rings (SSSR count). The summed E-state index contributed by atoms with van der Waals surface area (Å²) in [5.74, 6) is -1.43. The van der Waals surface area contributed by atoms with Crippen LogP contribution in [0.4, 0.5) is 14.7 Å². The van der Waals surface area contributed by atoms with Crippen LogP contribution in [0.15, 0.2) is 22.9 Å². The number of aromatic nitrogens is 1. The van der Waals surface area contributed by atoms with Crippen LogP contribution in [0.1, 0.15) is 25.3 Å². The summed E-state index contributed by atoms with van der Waals surface area (Å²) in [4.78, 5) is 0. The first kappa shape index (κ1) is 11.6. The van der Waals surface area contributed by atoms with Gasteiger partial charge in [-0.25, -0.2) is 8.78 Å². The molecule has 0 saturated carbocycles. The molecular weight excluding hydrogens is 226 g/mol. The average Bonchev–Trinajstić information content (AvgIpc) is 2.64. The monoisotopic (exact) mass is 238 g/mol. The van der Waals surface area contributed by atoms with Crippen LogP contribution >= 0.6 is 0 Å². The number of halogens is 2. The predicted octanol–water partition coefficient (Wildman–Crippen LogP) is 3.33. The Morgan fingerprint density at radius 3 is 2.53 bits per heavy atom. The number of nitrogen functional groups attached to an aromatic ring is 1. The fraction of sp³-hybridized carbons (Fsp3) is 0.250. The number of nitrogens with two attached hydrogens (primary N) is 1. The largest absolute Gasteiger partial charge is 0.367 e. The molecule has 0 unspecified atom stereocenters. The van der Waals surface area contributed by atoms with Crippen LogP contribution in [0.5, 0.6) is 0 Å². The fourth-order valence-electron chi connectivity index (χ4n) is 1.70. The zero-order valence-electron chi connectivity index (χ0n) is 9.50. The van der Waals surface area contributed by atoms with Gasteiger partial charge in [-0.15, -0.1) is 0 Å². The highest BCUT2D eigenvalue weighted by molar-refractivity contribution is 5.73. The Morgan fingerprint density at radius 2 is 2.00 bits per heavy atom. The van der Waals surface area contributed by atoms with Crippen molar-refractivity contribution in [2.75, 3.05) is 5.73 Å². The summed E-state index contributed by atoms with van der Waals surface area (Å²) in [6, 6.07) is 2.66. The maximum Gasteiger partial charge on any atom is 0.230 e. The van der Waals surface area contributed by atoms with Crippen LogP contribution < -0.4 is 5.73 Å². The summed E-state index contributed by atoms with van der Waals surface area (Å²) in [5.41, 5.74) is 5.86. The molecule has 0 bridgehead atoms. The van der Waals surface area contributed by atoms with E-state index in [9.17, 15) is 8.78 Å². The minimum atomic E-state index is -0.679. The molecule has 2 aromatic rings. The number of nitrogens with zero attached hydrogens (tertiary/aromatic N) is 1. The predicted molar refractivity (Wildman–Crippen MR) is 60.4 cm³/mol. The smallest absolute Gasteiger partial charge is 0.230 e. The van der Waals surface area contributed by atoms with E-state index in [1.807, 2.05) is 13.8 Å². The molecule has 0 fully saturated rings. The van der Waals surface area contributed by atoms with Gasteiger partial charge in [-0.05, 0) is 17.5 Å². The Kier molecular flexibility index (Phi) is 2.83. The number of hydrogen-bond acceptors (Lipinski definition) is 3. The van der Waals surface area contributed by atoms with E-state index in [1.54, 1.807) is 0 Å². The lowest BCUT2D eigenvalue weighted by Crippen LogP contribution is -1.99. The fourth-order valence-corrected chi connectivity index (χ4v) is 1.70. The van der Waals surface area contributed by atoms with Crippen molar-refractivity contribution < 1.29 is 13.3 Å². The normalized spacial score (nSPS) is 11.1. The van der Waals surface area contributed by atoms with Crippen molar-refractivity contribution in [1.29, 1.82) is 0 Å². The lowest BCUT2D eigenvalue weighted by atomic mass is 9.97. The number of benzene rings is 1. The minimum Gasteiger partial charge on any atom is -0.367 e. The Labute approximate surface area is 97.2 Å². The van der Waals surface area contributed by atoms with Gasteiger partial charge in [-0.2, -0.15) is 0 Å². The summed E-state index contributed by atoms with van der Waals surface area (Å²) in [6.45, 7) is 3.66. The van der Waals surface area contributed by atoms with E-state index in [1.165, 1.54) is 18.3 Å². The van der Waals surface area contributed by atoms with Crippen LogP contribution in [0.25, 0.3) is 11.1 Å². The highest BCUT2D eigenvalue weighted by Gasteiger charge is 2.20. The van der Waals surface area contributed by atoms with E-state index in [0.29, 0.717) is 5.56 Å². The molecule has 1 aromatic heterocycles. The lowest BCUT2D eigenvalue weighted by Gasteiger charge is -2.11. The van der Waals surface area contributed by atoms with Gasteiger partial charge in [0, 0.05) is 0 Å². The van der Waals surface area contributed by atoms with E-state index >= 15 is 0 Å². The van der Waals surface area contributed by atoms with Gasteiger partial charge in [0.1, 0.15) is 11.6 Å². The third kappa shape index (κ3) is 1.88. The molecule has 2 N–H and O–H groups in total. The molecule has 0 radical (unpaired) electrons. The van der Waals surface area contributed by atoms with Crippen molar-refractivity contribution >= 4 is 5.88 Å². The van der Waals surface area contributed by atoms with E-state index in [0.717, 1.165) is 0 Å². The quantitative estimate of drug-likeness (QED) is 0.873. The van der Waals surface area contributed by atoms with Crippen LogP contribution in [0.2, 0.25) is 0 Å². The van der Waals surface area contributed by atoms with Gasteiger partial charge in [0.25, 0.3) is 0 Å². The van der Waals surface area contributed by atoms with Crippen molar-refractivity contribution in [2.24, 2.45) is 0 Å². The van der Waals surface area contributed by atoms with Crippen molar-refractivity contribution in [2.45, 2.75) is 19.8 Å². The van der Waals surface area contributed by atoms with Gasteiger partial charge in [-0.3, -0.25) is 0 Å². The molecule has 0 aliphatic rings. The Morgan fingerprint density at radius 1 is 1.29 bits per heavy atom. The van der Waals surface area contributed by atoms with Crippen LogP contribution in [0.3, 0.4) is 0 Å². The van der Waals surface area contributed by atoms with Crippen molar-refractivity contribution in [1.82, 2.24) is 5.16 Å². The Hall–Kier alpha value is -1.91. The van der Waals surface area contributed by atoms with E-state index in [4.69, 9.17) is 5.73 Å². The molecular formula is C12H12F2N2O. The van der Waals surface area contributed by atoms with Gasteiger partial charge in [0.2, 0.25) is 5.88 Å². The second-order valence-electron chi connectivity index (χ2n) is 4.08. The summed E-state index contributed by atoms with van der Waals surface area (Å²) >= 11 is 0. The van der Waals surface area contributed by atoms with Crippen molar-refractivity contribution in [3.63, 3.8) is 0 Å². The second-order valence-corrected chi connectivity index (χ2v) is 4.08. The summed E-state index contributed by atoms with van der Waals surface area (Å²) in [6.07, 6.45) is 1.21. The first-order chi connectivity index (χ1) is 8.02. The Balaban J connectivity index is 2.69. The Bertz CT molecular complexity index is 549. The second kappa shape index (κ2) is 4.16. The molecule has 3 nitrogen and oxygen atoms in total. The molecule has 0 aliphatic carbocycles. The summed E-state index contributed by atoms with van der Waals surface area (Å²) in [7, 11) is 0. The molecule has 0 atom stereocenters. The SMILES string of the molecule is CC(C)c1ccc(F)c(-c2cnoc2N)c1F. The molecule has 5 heteroatoms. The van der Waals surface area contributed by atoms with E-state index in [-0.39, 0.29) is 22.9 Å². The van der Waals surface area contributed by atoms with Gasteiger partial charge in [-0.1, -0.05) is 25.1 Å². The van der Waals surface area contributed by atoms with Gasteiger partial charge >= 0.3 is 0 Å². The van der Waals surface area contributed by atoms with Crippen LogP contribution in [0, 0.1) is 11.6 Å². The number of anilines is 1. The van der Waals surface area contributed by atoms with E-state index < -0.39 is 11.6 Å². The molecule has 90 valence electrons. The first-order valence-corrected chi connectivity index (χ1v) is 5.20. The highest BCUT2D eigenvalue weighted by atomic mass is 19.1. The van der Waals surface area contributed by atoms with Crippen LogP contribution in [-0.4, -0.2) is 5.16 Å². The molecule has 0 spiro atoms. The molecule has 0 saturated heterocycles. The average molecular weight is 238 g/mol. The third-order valence-electron chi connectivity index (χ3n) is 2.61. The molecule has 17 heavy (non-hydrogen) atoms. The maximum absolute atomic E-state index is 14.2. The first-order valence-electron chi connectivity index (χ1n) is 5.20. The highest BCUT2D eigenvalue weighted by Crippen LogP contribution is 2.34. The van der Waals surface area contributed by atoms with E-state index in [2.05, 4.69) is 9.68 Å². The minimum absolute atomic E-state index is 0.0459. The van der Waals surface area contributed by atoms with Gasteiger partial charge in [0.05, 0.1) is 17.3 Å². The number of hydrogen-bond donors (Lipinski definition) is 1. The molecule has 0 amide bonds. The van der Waals surface area contributed by atoms with Crippen molar-refractivity contribution in [3.05, 3.63) is 35.5 Å². The van der Waals surface area contributed by atoms with Gasteiger partial charge < -0.3 is 10.3 Å². The lowest BCUT2D eigenvalue weighted by molar-refractivity contribution is 0.436. The van der Waals surface area contributed by atoms with Gasteiger partial charge in [0.15, 0.2) is 0 Å². The van der Waals surface area contributed by atoms with Crippen molar-refractivity contribution in [3.8, 4) is 11.1 Å².